The van der Waals surface area contributed by atoms with Crippen molar-refractivity contribution < 1.29 is 8.78 Å². The minimum Gasteiger partial charge on any atom is -0.312 e. The fourth-order valence-corrected chi connectivity index (χ4v) is 2.18. The average molecular weight is 262 g/mol. The summed E-state index contributed by atoms with van der Waals surface area (Å²) in [6, 6.07) is 4.96. The van der Waals surface area contributed by atoms with E-state index in [4.69, 9.17) is 0 Å². The van der Waals surface area contributed by atoms with Gasteiger partial charge in [-0.2, -0.15) is 0 Å². The minimum absolute atomic E-state index is 0.129. The molecule has 0 spiro atoms. The average Bonchev–Trinajstić information content (AvgIpc) is 2.27. The summed E-state index contributed by atoms with van der Waals surface area (Å²) in [5, 5.41) is 2.99. The van der Waals surface area contributed by atoms with E-state index < -0.39 is 5.92 Å². The van der Waals surface area contributed by atoms with Crippen LogP contribution in [0.2, 0.25) is 0 Å². The second-order valence-corrected chi connectivity index (χ2v) is 4.25. The lowest BCUT2D eigenvalue weighted by Gasteiger charge is -2.16. The fraction of sp³-hybridized carbons (Fsp3) is 0.400. The Labute approximate surface area is 89.6 Å². The van der Waals surface area contributed by atoms with Crippen LogP contribution in [0.5, 0.6) is 0 Å². The number of rotatable bonds is 0. The summed E-state index contributed by atoms with van der Waals surface area (Å²) in [4.78, 5) is 0. The van der Waals surface area contributed by atoms with E-state index in [1.807, 2.05) is 0 Å². The molecule has 0 atom stereocenters. The summed E-state index contributed by atoms with van der Waals surface area (Å²) in [7, 11) is 0. The normalized spacial score (nSPS) is 19.9. The molecule has 1 aromatic rings. The van der Waals surface area contributed by atoms with E-state index in [2.05, 4.69) is 21.2 Å². The zero-order valence-electron chi connectivity index (χ0n) is 7.49. The molecule has 1 heterocycles. The van der Waals surface area contributed by atoms with Crippen molar-refractivity contribution in [2.24, 2.45) is 0 Å². The Bertz CT molecular complexity index is 352. The predicted octanol–water partition coefficient (Wildman–Crippen LogP) is 3.03. The van der Waals surface area contributed by atoms with E-state index in [-0.39, 0.29) is 12.0 Å². The maximum atomic E-state index is 13.6. The number of fused-ring (bicyclic) bond motifs is 1. The minimum atomic E-state index is -2.71. The molecule has 0 saturated heterocycles. The van der Waals surface area contributed by atoms with E-state index in [9.17, 15) is 8.78 Å². The molecular weight excluding hydrogens is 252 g/mol. The van der Waals surface area contributed by atoms with Crippen molar-refractivity contribution in [1.29, 1.82) is 0 Å². The van der Waals surface area contributed by atoms with Crippen molar-refractivity contribution in [2.45, 2.75) is 18.9 Å². The van der Waals surface area contributed by atoms with Gasteiger partial charge in [0.1, 0.15) is 0 Å². The van der Waals surface area contributed by atoms with Crippen molar-refractivity contribution in [3.05, 3.63) is 33.8 Å². The van der Waals surface area contributed by atoms with Crippen molar-refractivity contribution in [3.8, 4) is 0 Å². The predicted molar refractivity (Wildman–Crippen MR) is 54.4 cm³/mol. The van der Waals surface area contributed by atoms with Gasteiger partial charge in [0.05, 0.1) is 0 Å². The standard InChI is InChI=1S/C10H10BrF2N/c11-9-3-1-2-8-7(9)6-14-5-4-10(8,12)13/h1-3,14H,4-6H2. The monoisotopic (exact) mass is 261 g/mol. The molecule has 1 aliphatic rings. The van der Waals surface area contributed by atoms with Crippen LogP contribution in [-0.2, 0) is 12.5 Å². The molecule has 0 radical (unpaired) electrons. The van der Waals surface area contributed by atoms with Gasteiger partial charge in [-0.05, 0) is 11.6 Å². The van der Waals surface area contributed by atoms with Crippen molar-refractivity contribution in [1.82, 2.24) is 5.32 Å². The molecule has 0 aliphatic carbocycles. The van der Waals surface area contributed by atoms with E-state index >= 15 is 0 Å². The first-order valence-electron chi connectivity index (χ1n) is 4.48. The second-order valence-electron chi connectivity index (χ2n) is 3.40. The zero-order chi connectivity index (χ0) is 10.2. The third-order valence-electron chi connectivity index (χ3n) is 2.43. The molecule has 1 N–H and O–H groups in total. The van der Waals surface area contributed by atoms with Crippen LogP contribution < -0.4 is 5.32 Å². The lowest BCUT2D eigenvalue weighted by molar-refractivity contribution is -0.0107. The molecular formula is C10H10BrF2N. The highest BCUT2D eigenvalue weighted by atomic mass is 79.9. The molecule has 0 unspecified atom stereocenters. The number of nitrogens with one attached hydrogen (secondary N) is 1. The first-order valence-corrected chi connectivity index (χ1v) is 5.27. The summed E-state index contributed by atoms with van der Waals surface area (Å²) >= 11 is 3.30. The Hall–Kier alpha value is -0.480. The number of hydrogen-bond donors (Lipinski definition) is 1. The molecule has 1 aromatic carbocycles. The van der Waals surface area contributed by atoms with E-state index in [0.29, 0.717) is 18.7 Å². The smallest absolute Gasteiger partial charge is 0.274 e. The molecule has 1 aliphatic heterocycles. The van der Waals surface area contributed by atoms with Gasteiger partial charge in [0.25, 0.3) is 5.92 Å². The largest absolute Gasteiger partial charge is 0.312 e. The van der Waals surface area contributed by atoms with Crippen LogP contribution in [-0.4, -0.2) is 6.54 Å². The van der Waals surface area contributed by atoms with Gasteiger partial charge in [0.15, 0.2) is 0 Å². The molecule has 0 fully saturated rings. The van der Waals surface area contributed by atoms with Crippen molar-refractivity contribution in [2.75, 3.05) is 6.54 Å². The third-order valence-corrected chi connectivity index (χ3v) is 3.17. The molecule has 14 heavy (non-hydrogen) atoms. The number of alkyl halides is 2. The molecule has 0 amide bonds. The second kappa shape index (κ2) is 3.59. The number of hydrogen-bond acceptors (Lipinski definition) is 1. The van der Waals surface area contributed by atoms with Crippen LogP contribution in [0.1, 0.15) is 17.5 Å². The Kier molecular flexibility index (Phi) is 2.58. The lowest BCUT2D eigenvalue weighted by atomic mass is 10.0. The first-order chi connectivity index (χ1) is 6.61. The maximum Gasteiger partial charge on any atom is 0.274 e. The molecule has 1 nitrogen and oxygen atoms in total. The van der Waals surface area contributed by atoms with Crippen LogP contribution >= 0.6 is 15.9 Å². The highest BCUT2D eigenvalue weighted by Crippen LogP contribution is 2.37. The van der Waals surface area contributed by atoms with Gasteiger partial charge in [-0.15, -0.1) is 0 Å². The summed E-state index contributed by atoms with van der Waals surface area (Å²) in [6.45, 7) is 0.862. The number of halogens is 3. The summed E-state index contributed by atoms with van der Waals surface area (Å²) in [6.07, 6.45) is -0.129. The van der Waals surface area contributed by atoms with Gasteiger partial charge in [-0.1, -0.05) is 28.1 Å². The molecule has 2 rings (SSSR count). The third kappa shape index (κ3) is 1.68. The van der Waals surface area contributed by atoms with Crippen LogP contribution in [0.25, 0.3) is 0 Å². The highest BCUT2D eigenvalue weighted by molar-refractivity contribution is 9.10. The first kappa shape index (κ1) is 10.1. The van der Waals surface area contributed by atoms with Crippen molar-refractivity contribution in [3.63, 3.8) is 0 Å². The zero-order valence-corrected chi connectivity index (χ0v) is 9.07. The van der Waals surface area contributed by atoms with E-state index in [0.717, 1.165) is 4.47 Å². The lowest BCUT2D eigenvalue weighted by Crippen LogP contribution is -2.17. The van der Waals surface area contributed by atoms with Gasteiger partial charge in [-0.25, -0.2) is 8.78 Å². The molecule has 0 aromatic heterocycles. The van der Waals surface area contributed by atoms with Gasteiger partial charge in [-0.3, -0.25) is 0 Å². The highest BCUT2D eigenvalue weighted by Gasteiger charge is 2.35. The van der Waals surface area contributed by atoms with Crippen LogP contribution in [0.15, 0.2) is 22.7 Å². The molecule has 0 saturated carbocycles. The SMILES string of the molecule is FC1(F)CCNCc2c(Br)cccc21. The Morgan fingerprint density at radius 3 is 2.93 bits per heavy atom. The van der Waals surface area contributed by atoms with E-state index in [1.165, 1.54) is 6.07 Å². The molecule has 4 heteroatoms. The van der Waals surface area contributed by atoms with Gasteiger partial charge < -0.3 is 5.32 Å². The quantitative estimate of drug-likeness (QED) is 0.757. The Balaban J connectivity index is 2.56. The van der Waals surface area contributed by atoms with Gasteiger partial charge >= 0.3 is 0 Å². The van der Waals surface area contributed by atoms with Gasteiger partial charge in [0.2, 0.25) is 0 Å². The summed E-state index contributed by atoms with van der Waals surface area (Å²) in [5.74, 6) is -2.71. The van der Waals surface area contributed by atoms with Crippen molar-refractivity contribution >= 4 is 15.9 Å². The molecule has 0 bridgehead atoms. The topological polar surface area (TPSA) is 12.0 Å². The van der Waals surface area contributed by atoms with Crippen LogP contribution in [0.3, 0.4) is 0 Å². The summed E-state index contributed by atoms with van der Waals surface area (Å²) < 4.78 is 27.9. The van der Waals surface area contributed by atoms with E-state index in [1.54, 1.807) is 12.1 Å². The van der Waals surface area contributed by atoms with Crippen LogP contribution in [0.4, 0.5) is 8.78 Å². The van der Waals surface area contributed by atoms with Gasteiger partial charge in [0, 0.05) is 29.5 Å². The fourth-order valence-electron chi connectivity index (χ4n) is 1.67. The Morgan fingerprint density at radius 1 is 1.36 bits per heavy atom. The maximum absolute atomic E-state index is 13.6. The number of benzene rings is 1. The molecule has 76 valence electrons. The van der Waals surface area contributed by atoms with Crippen LogP contribution in [0, 0.1) is 0 Å². The Morgan fingerprint density at radius 2 is 2.14 bits per heavy atom. The summed E-state index contributed by atoms with van der Waals surface area (Å²) in [5.41, 5.74) is 0.826.